The van der Waals surface area contributed by atoms with E-state index in [1.807, 2.05) is 11.8 Å². The number of hydrogen-bond donors (Lipinski definition) is 1. The van der Waals surface area contributed by atoms with Gasteiger partial charge in [0, 0.05) is 6.61 Å². The van der Waals surface area contributed by atoms with E-state index in [0.717, 1.165) is 11.7 Å². The fourth-order valence-electron chi connectivity index (χ4n) is 2.16. The van der Waals surface area contributed by atoms with Gasteiger partial charge in [-0.3, -0.25) is 0 Å². The second-order valence-electron chi connectivity index (χ2n) is 3.80. The molecule has 0 heterocycles. The van der Waals surface area contributed by atoms with Crippen molar-refractivity contribution in [1.29, 1.82) is 0 Å². The lowest BCUT2D eigenvalue weighted by molar-refractivity contribution is 0.164. The Hall–Kier alpha value is 0.310. The summed E-state index contributed by atoms with van der Waals surface area (Å²) in [5, 5.41) is 9.20. The molecule has 1 fully saturated rings. The van der Waals surface area contributed by atoms with E-state index in [0.29, 0.717) is 12.5 Å². The predicted molar refractivity (Wildman–Crippen MR) is 55.5 cm³/mol. The lowest BCUT2D eigenvalue weighted by atomic mass is 9.81. The van der Waals surface area contributed by atoms with Gasteiger partial charge in [-0.25, -0.2) is 0 Å². The van der Waals surface area contributed by atoms with Gasteiger partial charge in [-0.15, -0.1) is 0 Å². The highest BCUT2D eigenvalue weighted by atomic mass is 32.2. The smallest absolute Gasteiger partial charge is 0.0469 e. The van der Waals surface area contributed by atoms with Gasteiger partial charge in [0.2, 0.25) is 0 Å². The van der Waals surface area contributed by atoms with E-state index >= 15 is 0 Å². The van der Waals surface area contributed by atoms with Gasteiger partial charge in [-0.05, 0) is 23.8 Å². The molecule has 0 bridgehead atoms. The first-order valence-corrected chi connectivity index (χ1v) is 6.37. The normalized spacial score (nSPS) is 22.5. The zero-order valence-corrected chi connectivity index (χ0v) is 8.78. The molecule has 1 N–H and O–H groups in total. The van der Waals surface area contributed by atoms with Crippen LogP contribution in [0.4, 0.5) is 0 Å². The van der Waals surface area contributed by atoms with Crippen LogP contribution in [0.15, 0.2) is 0 Å². The topological polar surface area (TPSA) is 20.2 Å². The largest absolute Gasteiger partial charge is 0.396 e. The first kappa shape index (κ1) is 10.4. The number of thioether (sulfide) groups is 1. The van der Waals surface area contributed by atoms with Crippen LogP contribution in [0.5, 0.6) is 0 Å². The van der Waals surface area contributed by atoms with Crippen LogP contribution >= 0.6 is 11.8 Å². The maximum atomic E-state index is 9.20. The summed E-state index contributed by atoms with van der Waals surface area (Å²) in [4.78, 5) is 0. The highest BCUT2D eigenvalue weighted by molar-refractivity contribution is 7.98. The van der Waals surface area contributed by atoms with Crippen molar-refractivity contribution >= 4 is 11.8 Å². The Morgan fingerprint density at radius 2 is 2.00 bits per heavy atom. The van der Waals surface area contributed by atoms with E-state index < -0.39 is 0 Å². The highest BCUT2D eigenvalue weighted by Crippen LogP contribution is 2.31. The SMILES string of the molecule is CSCC(CO)C1CCCCC1. The second-order valence-corrected chi connectivity index (χ2v) is 4.71. The van der Waals surface area contributed by atoms with E-state index in [4.69, 9.17) is 0 Å². The summed E-state index contributed by atoms with van der Waals surface area (Å²) in [5.41, 5.74) is 0. The molecule has 1 aliphatic carbocycles. The molecule has 1 aliphatic rings. The van der Waals surface area contributed by atoms with Gasteiger partial charge in [-0.2, -0.15) is 11.8 Å². The molecule has 0 aliphatic heterocycles. The fourth-order valence-corrected chi connectivity index (χ4v) is 2.96. The molecule has 72 valence electrons. The Balaban J connectivity index is 2.29. The summed E-state index contributed by atoms with van der Waals surface area (Å²) in [6, 6.07) is 0. The quantitative estimate of drug-likeness (QED) is 0.731. The molecule has 1 atom stereocenters. The van der Waals surface area contributed by atoms with Crippen molar-refractivity contribution in [2.75, 3.05) is 18.6 Å². The number of rotatable bonds is 4. The van der Waals surface area contributed by atoms with Crippen LogP contribution in [-0.4, -0.2) is 23.7 Å². The Morgan fingerprint density at radius 1 is 1.33 bits per heavy atom. The van der Waals surface area contributed by atoms with Crippen molar-refractivity contribution in [3.8, 4) is 0 Å². The molecule has 0 spiro atoms. The highest BCUT2D eigenvalue weighted by Gasteiger charge is 2.22. The molecule has 1 saturated carbocycles. The first-order chi connectivity index (χ1) is 5.88. The molecule has 0 radical (unpaired) electrons. The molecule has 0 amide bonds. The minimum absolute atomic E-state index is 0.394. The molecular formula is C10H20OS. The van der Waals surface area contributed by atoms with E-state index in [1.54, 1.807) is 0 Å². The summed E-state index contributed by atoms with van der Waals surface area (Å²) in [5.74, 6) is 2.53. The number of aliphatic hydroxyl groups excluding tert-OH is 1. The third-order valence-electron chi connectivity index (χ3n) is 2.93. The minimum atomic E-state index is 0.394. The maximum Gasteiger partial charge on any atom is 0.0469 e. The fraction of sp³-hybridized carbons (Fsp3) is 1.00. The summed E-state index contributed by atoms with van der Waals surface area (Å²) >= 11 is 1.87. The molecule has 0 aromatic heterocycles. The van der Waals surface area contributed by atoms with Gasteiger partial charge < -0.3 is 5.11 Å². The Kier molecular flexibility index (Phi) is 5.08. The van der Waals surface area contributed by atoms with Crippen molar-refractivity contribution in [1.82, 2.24) is 0 Å². The lowest BCUT2D eigenvalue weighted by Crippen LogP contribution is -2.23. The third kappa shape index (κ3) is 2.98. The molecule has 0 aromatic carbocycles. The molecule has 1 nitrogen and oxygen atoms in total. The van der Waals surface area contributed by atoms with Crippen LogP contribution in [-0.2, 0) is 0 Å². The third-order valence-corrected chi connectivity index (χ3v) is 3.69. The van der Waals surface area contributed by atoms with E-state index in [1.165, 1.54) is 32.1 Å². The molecule has 1 unspecified atom stereocenters. The van der Waals surface area contributed by atoms with E-state index in [-0.39, 0.29) is 0 Å². The average molecular weight is 188 g/mol. The summed E-state index contributed by atoms with van der Waals surface area (Å²) < 4.78 is 0. The lowest BCUT2D eigenvalue weighted by Gasteiger charge is -2.28. The molecule has 2 heteroatoms. The first-order valence-electron chi connectivity index (χ1n) is 4.98. The van der Waals surface area contributed by atoms with Gasteiger partial charge in [0.1, 0.15) is 0 Å². The summed E-state index contributed by atoms with van der Waals surface area (Å²) in [6.45, 7) is 0.394. The standard InChI is InChI=1S/C10H20OS/c1-12-8-10(7-11)9-5-3-2-4-6-9/h9-11H,2-8H2,1H3. The van der Waals surface area contributed by atoms with Gasteiger partial charge in [0.25, 0.3) is 0 Å². The Labute approximate surface area is 79.9 Å². The van der Waals surface area contributed by atoms with Gasteiger partial charge in [0.05, 0.1) is 0 Å². The van der Waals surface area contributed by atoms with Crippen molar-refractivity contribution in [2.24, 2.45) is 11.8 Å². The van der Waals surface area contributed by atoms with E-state index in [2.05, 4.69) is 6.26 Å². The molecule has 1 rings (SSSR count). The van der Waals surface area contributed by atoms with Crippen molar-refractivity contribution in [2.45, 2.75) is 32.1 Å². The molecule has 12 heavy (non-hydrogen) atoms. The number of hydrogen-bond acceptors (Lipinski definition) is 2. The van der Waals surface area contributed by atoms with Crippen molar-refractivity contribution < 1.29 is 5.11 Å². The molecule has 0 aromatic rings. The average Bonchev–Trinajstić information content (AvgIpc) is 2.15. The minimum Gasteiger partial charge on any atom is -0.396 e. The van der Waals surface area contributed by atoms with Gasteiger partial charge >= 0.3 is 0 Å². The van der Waals surface area contributed by atoms with E-state index in [9.17, 15) is 5.11 Å². The van der Waals surface area contributed by atoms with Crippen molar-refractivity contribution in [3.05, 3.63) is 0 Å². The zero-order chi connectivity index (χ0) is 8.81. The van der Waals surface area contributed by atoms with Crippen LogP contribution in [0.1, 0.15) is 32.1 Å². The zero-order valence-electron chi connectivity index (χ0n) is 7.96. The Morgan fingerprint density at radius 3 is 2.50 bits per heavy atom. The van der Waals surface area contributed by atoms with Crippen LogP contribution in [0, 0.1) is 11.8 Å². The second kappa shape index (κ2) is 5.87. The summed E-state index contributed by atoms with van der Waals surface area (Å²) in [6.07, 6.45) is 9.02. The van der Waals surface area contributed by atoms with Crippen molar-refractivity contribution in [3.63, 3.8) is 0 Å². The Bertz CT molecular complexity index is 108. The van der Waals surface area contributed by atoms with Gasteiger partial charge in [-0.1, -0.05) is 32.1 Å². The van der Waals surface area contributed by atoms with Gasteiger partial charge in [0.15, 0.2) is 0 Å². The molecule has 0 saturated heterocycles. The van der Waals surface area contributed by atoms with Crippen LogP contribution in [0.3, 0.4) is 0 Å². The number of aliphatic hydroxyl groups is 1. The predicted octanol–water partition coefficient (Wildman–Crippen LogP) is 2.54. The maximum absolute atomic E-state index is 9.20. The van der Waals surface area contributed by atoms with Crippen LogP contribution < -0.4 is 0 Å². The van der Waals surface area contributed by atoms with Crippen LogP contribution in [0.25, 0.3) is 0 Å². The van der Waals surface area contributed by atoms with Crippen LogP contribution in [0.2, 0.25) is 0 Å². The molecular weight excluding hydrogens is 168 g/mol. The monoisotopic (exact) mass is 188 g/mol. The summed E-state index contributed by atoms with van der Waals surface area (Å²) in [7, 11) is 0.